The van der Waals surface area contributed by atoms with Crippen LogP contribution in [0.4, 0.5) is 10.2 Å². The minimum atomic E-state index is -0.435. The van der Waals surface area contributed by atoms with Gasteiger partial charge in [-0.15, -0.1) is 0 Å². The van der Waals surface area contributed by atoms with E-state index in [0.717, 1.165) is 4.47 Å². The lowest BCUT2D eigenvalue weighted by Gasteiger charge is -2.06. The number of hydrogen-bond acceptors (Lipinski definition) is 4. The summed E-state index contributed by atoms with van der Waals surface area (Å²) < 4.78 is 14.4. The number of nitrogens with one attached hydrogen (secondary N) is 1. The molecule has 0 amide bonds. The zero-order valence-electron chi connectivity index (χ0n) is 9.41. The SMILES string of the molecule is CNc1cc(C#N)nc(-c2cc(Br)ccc2F)n1. The third-order valence-electron chi connectivity index (χ3n) is 2.27. The van der Waals surface area contributed by atoms with Gasteiger partial charge in [-0.1, -0.05) is 15.9 Å². The van der Waals surface area contributed by atoms with Crippen molar-refractivity contribution in [2.75, 3.05) is 12.4 Å². The maximum atomic E-state index is 13.7. The second kappa shape index (κ2) is 5.10. The summed E-state index contributed by atoms with van der Waals surface area (Å²) in [5.74, 6) is 0.212. The van der Waals surface area contributed by atoms with Gasteiger partial charge in [0.15, 0.2) is 5.82 Å². The molecule has 18 heavy (non-hydrogen) atoms. The van der Waals surface area contributed by atoms with Crippen LogP contribution in [0.2, 0.25) is 0 Å². The molecule has 0 bridgehead atoms. The summed E-state index contributed by atoms with van der Waals surface area (Å²) in [6.45, 7) is 0. The summed E-state index contributed by atoms with van der Waals surface area (Å²) in [6, 6.07) is 7.90. The van der Waals surface area contributed by atoms with Crippen LogP contribution in [0.25, 0.3) is 11.4 Å². The maximum absolute atomic E-state index is 13.7. The smallest absolute Gasteiger partial charge is 0.165 e. The van der Waals surface area contributed by atoms with E-state index in [9.17, 15) is 4.39 Å². The second-order valence-corrected chi connectivity index (χ2v) is 4.36. The fourth-order valence-electron chi connectivity index (χ4n) is 1.42. The van der Waals surface area contributed by atoms with Gasteiger partial charge >= 0.3 is 0 Å². The summed E-state index contributed by atoms with van der Waals surface area (Å²) in [5, 5.41) is 11.7. The van der Waals surface area contributed by atoms with Crippen LogP contribution in [-0.4, -0.2) is 17.0 Å². The highest BCUT2D eigenvalue weighted by atomic mass is 79.9. The first-order valence-corrected chi connectivity index (χ1v) is 5.85. The molecule has 1 aromatic carbocycles. The van der Waals surface area contributed by atoms with Gasteiger partial charge in [0, 0.05) is 17.6 Å². The first kappa shape index (κ1) is 12.5. The van der Waals surface area contributed by atoms with E-state index in [1.165, 1.54) is 12.1 Å². The molecule has 0 unspecified atom stereocenters. The molecule has 0 aliphatic carbocycles. The second-order valence-electron chi connectivity index (χ2n) is 3.45. The molecule has 0 aliphatic rings. The summed E-state index contributed by atoms with van der Waals surface area (Å²) in [6.07, 6.45) is 0. The van der Waals surface area contributed by atoms with E-state index >= 15 is 0 Å². The molecule has 0 radical (unpaired) electrons. The van der Waals surface area contributed by atoms with Gasteiger partial charge in [-0.25, -0.2) is 14.4 Å². The minimum Gasteiger partial charge on any atom is -0.373 e. The highest BCUT2D eigenvalue weighted by Crippen LogP contribution is 2.24. The standard InChI is InChI=1S/C12H8BrFN4/c1-16-11-5-8(6-15)17-12(18-11)9-4-7(13)2-3-10(9)14/h2-5H,1H3,(H,16,17,18). The van der Waals surface area contributed by atoms with E-state index in [4.69, 9.17) is 5.26 Å². The minimum absolute atomic E-state index is 0.178. The van der Waals surface area contributed by atoms with Crippen LogP contribution in [0.15, 0.2) is 28.7 Å². The number of nitriles is 1. The van der Waals surface area contributed by atoms with E-state index < -0.39 is 5.82 Å². The van der Waals surface area contributed by atoms with Crippen LogP contribution in [0, 0.1) is 17.1 Å². The highest BCUT2D eigenvalue weighted by Gasteiger charge is 2.11. The molecule has 0 fully saturated rings. The summed E-state index contributed by atoms with van der Waals surface area (Å²) in [7, 11) is 1.67. The third kappa shape index (κ3) is 2.46. The molecule has 1 heterocycles. The molecule has 1 N–H and O–H groups in total. The number of hydrogen-bond donors (Lipinski definition) is 1. The Bertz CT molecular complexity index is 636. The van der Waals surface area contributed by atoms with E-state index in [1.807, 2.05) is 6.07 Å². The summed E-state index contributed by atoms with van der Waals surface area (Å²) in [5.41, 5.74) is 0.432. The van der Waals surface area contributed by atoms with E-state index in [2.05, 4.69) is 31.2 Å². The molecule has 6 heteroatoms. The zero-order valence-corrected chi connectivity index (χ0v) is 11.0. The third-order valence-corrected chi connectivity index (χ3v) is 2.76. The molecule has 0 aliphatic heterocycles. The fourth-order valence-corrected chi connectivity index (χ4v) is 1.78. The number of nitrogens with zero attached hydrogens (tertiary/aromatic N) is 3. The van der Waals surface area contributed by atoms with Crippen molar-refractivity contribution in [3.05, 3.63) is 40.2 Å². The van der Waals surface area contributed by atoms with Crippen molar-refractivity contribution < 1.29 is 4.39 Å². The Hall–Kier alpha value is -2.00. The van der Waals surface area contributed by atoms with Crippen molar-refractivity contribution in [3.8, 4) is 17.5 Å². The quantitative estimate of drug-likeness (QED) is 0.926. The Balaban J connectivity index is 2.63. The zero-order chi connectivity index (χ0) is 13.1. The van der Waals surface area contributed by atoms with Crippen molar-refractivity contribution in [1.29, 1.82) is 5.26 Å². The van der Waals surface area contributed by atoms with Crippen molar-refractivity contribution in [2.45, 2.75) is 0 Å². The van der Waals surface area contributed by atoms with Crippen molar-refractivity contribution in [2.24, 2.45) is 0 Å². The number of anilines is 1. The van der Waals surface area contributed by atoms with Crippen LogP contribution >= 0.6 is 15.9 Å². The lowest BCUT2D eigenvalue weighted by Crippen LogP contribution is -2.00. The average molecular weight is 307 g/mol. The molecule has 1 aromatic heterocycles. The Labute approximate surface area is 112 Å². The monoisotopic (exact) mass is 306 g/mol. The van der Waals surface area contributed by atoms with Gasteiger partial charge in [-0.2, -0.15) is 5.26 Å². The Morgan fingerprint density at radius 1 is 1.33 bits per heavy atom. The number of halogens is 2. The largest absolute Gasteiger partial charge is 0.373 e. The molecule has 4 nitrogen and oxygen atoms in total. The van der Waals surface area contributed by atoms with E-state index in [1.54, 1.807) is 19.2 Å². The lowest BCUT2D eigenvalue weighted by atomic mass is 10.2. The van der Waals surface area contributed by atoms with Crippen molar-refractivity contribution >= 4 is 21.7 Å². The van der Waals surface area contributed by atoms with Gasteiger partial charge in [-0.05, 0) is 18.2 Å². The van der Waals surface area contributed by atoms with Crippen LogP contribution in [0.3, 0.4) is 0 Å². The predicted molar refractivity (Wildman–Crippen MR) is 69.4 cm³/mol. The Kier molecular flexibility index (Phi) is 3.53. The molecular weight excluding hydrogens is 299 g/mol. The molecule has 90 valence electrons. The van der Waals surface area contributed by atoms with Crippen LogP contribution in [-0.2, 0) is 0 Å². The Morgan fingerprint density at radius 2 is 2.11 bits per heavy atom. The molecule has 0 saturated carbocycles. The van der Waals surface area contributed by atoms with Gasteiger partial charge in [0.05, 0.1) is 5.56 Å². The predicted octanol–water partition coefficient (Wildman–Crippen LogP) is 2.96. The summed E-state index contributed by atoms with van der Waals surface area (Å²) in [4.78, 5) is 8.14. The number of aromatic nitrogens is 2. The van der Waals surface area contributed by atoms with Gasteiger partial charge in [0.25, 0.3) is 0 Å². The topological polar surface area (TPSA) is 61.6 Å². The molecular formula is C12H8BrFN4. The first-order chi connectivity index (χ1) is 8.63. The normalized spacial score (nSPS) is 9.89. The van der Waals surface area contributed by atoms with E-state index in [-0.39, 0.29) is 17.1 Å². The van der Waals surface area contributed by atoms with Gasteiger partial charge in [0.1, 0.15) is 23.4 Å². The number of benzene rings is 1. The first-order valence-electron chi connectivity index (χ1n) is 5.06. The molecule has 0 saturated heterocycles. The van der Waals surface area contributed by atoms with Gasteiger partial charge in [0.2, 0.25) is 0 Å². The Morgan fingerprint density at radius 3 is 2.78 bits per heavy atom. The number of rotatable bonds is 2. The fraction of sp³-hybridized carbons (Fsp3) is 0.0833. The molecule has 2 rings (SSSR count). The lowest BCUT2D eigenvalue weighted by molar-refractivity contribution is 0.629. The molecule has 2 aromatic rings. The van der Waals surface area contributed by atoms with Crippen LogP contribution in [0.5, 0.6) is 0 Å². The van der Waals surface area contributed by atoms with Crippen LogP contribution < -0.4 is 5.32 Å². The highest BCUT2D eigenvalue weighted by molar-refractivity contribution is 9.10. The van der Waals surface area contributed by atoms with Gasteiger partial charge in [-0.3, -0.25) is 0 Å². The average Bonchev–Trinajstić information content (AvgIpc) is 2.40. The summed E-state index contributed by atoms with van der Waals surface area (Å²) >= 11 is 3.26. The van der Waals surface area contributed by atoms with Crippen molar-refractivity contribution in [1.82, 2.24) is 9.97 Å². The van der Waals surface area contributed by atoms with E-state index in [0.29, 0.717) is 5.82 Å². The van der Waals surface area contributed by atoms with Crippen molar-refractivity contribution in [3.63, 3.8) is 0 Å². The maximum Gasteiger partial charge on any atom is 0.165 e. The van der Waals surface area contributed by atoms with Gasteiger partial charge < -0.3 is 5.32 Å². The molecule has 0 spiro atoms. The van der Waals surface area contributed by atoms with Crippen LogP contribution in [0.1, 0.15) is 5.69 Å². The molecule has 0 atom stereocenters.